The highest BCUT2D eigenvalue weighted by Gasteiger charge is 2.24. The minimum absolute atomic E-state index is 0.154. The molecule has 6 nitrogen and oxygen atoms in total. The van der Waals surface area contributed by atoms with Gasteiger partial charge in [-0.25, -0.2) is 9.59 Å². The lowest BCUT2D eigenvalue weighted by molar-refractivity contribution is 0.0452. The van der Waals surface area contributed by atoms with Crippen LogP contribution in [-0.2, 0) is 28.9 Å². The van der Waals surface area contributed by atoms with Gasteiger partial charge >= 0.3 is 11.9 Å². The third kappa shape index (κ3) is 3.96. The molecule has 1 aliphatic rings. The third-order valence-corrected chi connectivity index (χ3v) is 5.58. The van der Waals surface area contributed by atoms with Crippen LogP contribution in [0, 0.1) is 11.3 Å². The molecule has 2 N–H and O–H groups in total. The van der Waals surface area contributed by atoms with E-state index in [-0.39, 0.29) is 28.7 Å². The van der Waals surface area contributed by atoms with Gasteiger partial charge in [-0.15, -0.1) is 11.3 Å². The van der Waals surface area contributed by atoms with Crippen molar-refractivity contribution in [3.63, 3.8) is 0 Å². The first-order valence-electron chi connectivity index (χ1n) is 8.82. The van der Waals surface area contributed by atoms with Crippen LogP contribution in [0.5, 0.6) is 0 Å². The number of anilines is 1. The van der Waals surface area contributed by atoms with Gasteiger partial charge in [0.25, 0.3) is 0 Å². The van der Waals surface area contributed by atoms with Crippen LogP contribution < -0.4 is 5.73 Å². The zero-order valence-corrected chi connectivity index (χ0v) is 15.9. The lowest BCUT2D eigenvalue weighted by atomic mass is 9.90. The number of fused-ring (bicyclic) bond motifs is 1. The van der Waals surface area contributed by atoms with Gasteiger partial charge < -0.3 is 15.2 Å². The molecular weight excluding hydrogens is 364 g/mol. The fourth-order valence-corrected chi connectivity index (χ4v) is 4.11. The number of nitriles is 1. The van der Waals surface area contributed by atoms with Gasteiger partial charge in [0.2, 0.25) is 0 Å². The van der Waals surface area contributed by atoms with Gasteiger partial charge in [0.1, 0.15) is 22.6 Å². The van der Waals surface area contributed by atoms with Crippen LogP contribution in [-0.4, -0.2) is 18.5 Å². The molecule has 140 valence electrons. The van der Waals surface area contributed by atoms with Crippen molar-refractivity contribution in [1.82, 2.24) is 0 Å². The molecule has 2 aromatic rings. The summed E-state index contributed by atoms with van der Waals surface area (Å²) in [6, 6.07) is 7.57. The summed E-state index contributed by atoms with van der Waals surface area (Å²) in [6.07, 6.45) is 4.29. The third-order valence-electron chi connectivity index (χ3n) is 4.54. The molecule has 3 rings (SSSR count). The van der Waals surface area contributed by atoms with Crippen LogP contribution in [0.1, 0.15) is 62.0 Å². The van der Waals surface area contributed by atoms with Gasteiger partial charge in [-0.3, -0.25) is 0 Å². The van der Waals surface area contributed by atoms with E-state index in [0.29, 0.717) is 11.1 Å². The lowest BCUT2D eigenvalue weighted by Gasteiger charge is -2.16. The highest BCUT2D eigenvalue weighted by Crippen LogP contribution is 2.32. The average Bonchev–Trinajstić information content (AvgIpc) is 3.01. The smallest absolute Gasteiger partial charge is 0.348 e. The quantitative estimate of drug-likeness (QED) is 0.790. The summed E-state index contributed by atoms with van der Waals surface area (Å²) >= 11 is 0.969. The molecule has 0 amide bonds. The first-order valence-corrected chi connectivity index (χ1v) is 9.64. The molecule has 1 aromatic heterocycles. The highest BCUT2D eigenvalue weighted by molar-refractivity contribution is 7.18. The second-order valence-electron chi connectivity index (χ2n) is 6.25. The first-order chi connectivity index (χ1) is 13.0. The zero-order chi connectivity index (χ0) is 19.4. The van der Waals surface area contributed by atoms with Crippen molar-refractivity contribution in [2.24, 2.45) is 0 Å². The first kappa shape index (κ1) is 18.9. The number of nitrogen functional groups attached to an aromatic ring is 1. The van der Waals surface area contributed by atoms with Crippen LogP contribution in [0.4, 0.5) is 5.00 Å². The molecule has 0 saturated carbocycles. The SMILES string of the molecule is CCOC(=O)c1sc(N)c(C#N)c1COC(=O)c1ccc2c(c1)CCCC2. The number of nitrogens with two attached hydrogens (primary N) is 1. The summed E-state index contributed by atoms with van der Waals surface area (Å²) in [6.45, 7) is 1.68. The fourth-order valence-electron chi connectivity index (χ4n) is 3.19. The average molecular weight is 384 g/mol. The summed E-state index contributed by atoms with van der Waals surface area (Å²) in [5.74, 6) is -1.07. The number of carbonyl (C=O) groups is 2. The molecule has 0 radical (unpaired) electrons. The summed E-state index contributed by atoms with van der Waals surface area (Å²) in [4.78, 5) is 24.8. The van der Waals surface area contributed by atoms with E-state index >= 15 is 0 Å². The van der Waals surface area contributed by atoms with Gasteiger partial charge in [-0.1, -0.05) is 6.07 Å². The number of esters is 2. The molecule has 1 aliphatic carbocycles. The van der Waals surface area contributed by atoms with E-state index < -0.39 is 11.9 Å². The van der Waals surface area contributed by atoms with Crippen molar-refractivity contribution in [2.75, 3.05) is 12.3 Å². The molecule has 0 unspecified atom stereocenters. The van der Waals surface area contributed by atoms with Gasteiger partial charge in [0.05, 0.1) is 17.7 Å². The van der Waals surface area contributed by atoms with E-state index in [1.54, 1.807) is 13.0 Å². The molecular formula is C20H20N2O4S. The van der Waals surface area contributed by atoms with Crippen LogP contribution in [0.15, 0.2) is 18.2 Å². The Morgan fingerprint density at radius 2 is 1.93 bits per heavy atom. The Balaban J connectivity index is 1.79. The van der Waals surface area contributed by atoms with Crippen molar-refractivity contribution in [1.29, 1.82) is 5.26 Å². The van der Waals surface area contributed by atoms with Gasteiger partial charge in [-0.2, -0.15) is 5.26 Å². The number of hydrogen-bond acceptors (Lipinski definition) is 7. The highest BCUT2D eigenvalue weighted by atomic mass is 32.1. The van der Waals surface area contributed by atoms with Crippen LogP contribution >= 0.6 is 11.3 Å². The molecule has 0 saturated heterocycles. The molecule has 0 aliphatic heterocycles. The largest absolute Gasteiger partial charge is 0.462 e. The summed E-state index contributed by atoms with van der Waals surface area (Å²) in [5.41, 5.74) is 9.20. The van der Waals surface area contributed by atoms with E-state index in [1.807, 2.05) is 18.2 Å². The predicted molar refractivity (Wildman–Crippen MR) is 102 cm³/mol. The van der Waals surface area contributed by atoms with Crippen molar-refractivity contribution in [3.8, 4) is 6.07 Å². The molecule has 27 heavy (non-hydrogen) atoms. The van der Waals surface area contributed by atoms with Crippen LogP contribution in [0.2, 0.25) is 0 Å². The Kier molecular flexibility index (Phi) is 5.77. The molecule has 0 atom stereocenters. The number of ether oxygens (including phenoxy) is 2. The van der Waals surface area contributed by atoms with E-state index in [4.69, 9.17) is 15.2 Å². The van der Waals surface area contributed by atoms with Gasteiger partial charge in [0.15, 0.2) is 0 Å². The molecule has 0 spiro atoms. The van der Waals surface area contributed by atoms with Gasteiger partial charge in [-0.05, 0) is 55.9 Å². The van der Waals surface area contributed by atoms with E-state index in [9.17, 15) is 14.9 Å². The summed E-state index contributed by atoms with van der Waals surface area (Å²) in [5, 5.41) is 9.53. The zero-order valence-electron chi connectivity index (χ0n) is 15.0. The van der Waals surface area contributed by atoms with Crippen molar-refractivity contribution >= 4 is 28.3 Å². The molecule has 1 aromatic carbocycles. The molecule has 7 heteroatoms. The Morgan fingerprint density at radius 1 is 1.19 bits per heavy atom. The van der Waals surface area contributed by atoms with Crippen LogP contribution in [0.25, 0.3) is 0 Å². The molecule has 0 bridgehead atoms. The summed E-state index contributed by atoms with van der Waals surface area (Å²) in [7, 11) is 0. The Labute approximate surface area is 161 Å². The standard InChI is InChI=1S/C20H20N2O4S/c1-2-25-20(24)17-16(15(10-21)18(22)27-17)11-26-19(23)14-8-7-12-5-3-4-6-13(12)9-14/h7-9H,2-6,11,22H2,1H3. The molecule has 1 heterocycles. The summed E-state index contributed by atoms with van der Waals surface area (Å²) < 4.78 is 10.4. The predicted octanol–water partition coefficient (Wildman–Crippen LogP) is 3.61. The lowest BCUT2D eigenvalue weighted by Crippen LogP contribution is -2.11. The fraction of sp³-hybridized carbons (Fsp3) is 0.350. The van der Waals surface area contributed by atoms with E-state index in [0.717, 1.165) is 30.6 Å². The Bertz CT molecular complexity index is 927. The maximum absolute atomic E-state index is 12.5. The maximum atomic E-state index is 12.5. The van der Waals surface area contributed by atoms with Gasteiger partial charge in [0, 0.05) is 5.56 Å². The second-order valence-corrected chi connectivity index (χ2v) is 7.30. The normalized spacial score (nSPS) is 12.7. The molecule has 0 fully saturated rings. The Morgan fingerprint density at radius 3 is 2.63 bits per heavy atom. The minimum Gasteiger partial charge on any atom is -0.462 e. The number of carbonyl (C=O) groups excluding carboxylic acids is 2. The number of benzene rings is 1. The number of hydrogen-bond donors (Lipinski definition) is 1. The maximum Gasteiger partial charge on any atom is 0.348 e. The van der Waals surface area contributed by atoms with Crippen LogP contribution in [0.3, 0.4) is 0 Å². The number of thiophene rings is 1. The topological polar surface area (TPSA) is 102 Å². The van der Waals surface area contributed by atoms with Crippen molar-refractivity contribution in [3.05, 3.63) is 50.9 Å². The monoisotopic (exact) mass is 384 g/mol. The number of rotatable bonds is 5. The number of aryl methyl sites for hydroxylation is 2. The second kappa shape index (κ2) is 8.23. The van der Waals surface area contributed by atoms with Crippen molar-refractivity contribution < 1.29 is 19.1 Å². The Hall–Kier alpha value is -2.85. The number of nitrogens with zero attached hydrogens (tertiary/aromatic N) is 1. The van der Waals surface area contributed by atoms with E-state index in [2.05, 4.69) is 0 Å². The van der Waals surface area contributed by atoms with E-state index in [1.165, 1.54) is 17.5 Å². The van der Waals surface area contributed by atoms with Crippen molar-refractivity contribution in [2.45, 2.75) is 39.2 Å². The minimum atomic E-state index is -0.574.